The van der Waals surface area contributed by atoms with Gasteiger partial charge in [0.25, 0.3) is 22.5 Å². The van der Waals surface area contributed by atoms with E-state index in [0.29, 0.717) is 22.8 Å². The molecule has 0 atom stereocenters. The van der Waals surface area contributed by atoms with E-state index in [1.54, 1.807) is 62.4 Å². The number of azo groups is 2. The number of phenolic OH excluding ortho intramolecular Hbond substituents is 2. The smallest absolute Gasteiger partial charge is 0.299 e. The minimum absolute atomic E-state index is 0. The summed E-state index contributed by atoms with van der Waals surface area (Å²) in [5, 5.41) is 62.1. The van der Waals surface area contributed by atoms with Crippen molar-refractivity contribution in [2.75, 3.05) is 0 Å². The average molecular weight is 731 g/mol. The number of aromatic hydroxyl groups is 2. The Morgan fingerprint density at radius 1 is 0.588 bits per heavy atom. The third kappa shape index (κ3) is 8.37. The number of benzene rings is 4. The second-order valence-electron chi connectivity index (χ2n) is 10.4. The summed E-state index contributed by atoms with van der Waals surface area (Å²) in [6.07, 6.45) is 0. The predicted octanol–water partition coefficient (Wildman–Crippen LogP) is 7.00. The summed E-state index contributed by atoms with van der Waals surface area (Å²) >= 11 is 0. The number of hydrogen-bond acceptors (Lipinski definition) is 12. The Morgan fingerprint density at radius 2 is 0.941 bits per heavy atom. The number of rotatable bonds is 8. The van der Waals surface area contributed by atoms with Crippen molar-refractivity contribution in [1.29, 1.82) is 0 Å². The molecule has 0 bridgehead atoms. The number of hydrogen-bond donors (Lipinski definition) is 4. The molecule has 0 unspecified atom stereocenters. The molecular formula is C32H26CrN10O8. The molecule has 4 N–H and O–H groups in total. The van der Waals surface area contributed by atoms with Gasteiger partial charge in [0.15, 0.2) is 11.4 Å². The van der Waals surface area contributed by atoms with E-state index in [2.05, 4.69) is 30.7 Å². The summed E-state index contributed by atoms with van der Waals surface area (Å²) in [5.41, 5.74) is 1.20. The van der Waals surface area contributed by atoms with Crippen molar-refractivity contribution in [3.63, 3.8) is 0 Å². The normalized spacial score (nSPS) is 10.9. The molecule has 0 aliphatic carbocycles. The number of H-pyrrole nitrogens is 2. The van der Waals surface area contributed by atoms with Crippen LogP contribution in [0.1, 0.15) is 11.4 Å². The summed E-state index contributed by atoms with van der Waals surface area (Å²) in [4.78, 5) is 45.0. The molecule has 0 spiro atoms. The van der Waals surface area contributed by atoms with E-state index >= 15 is 0 Å². The Balaban J connectivity index is 0.000000224. The Kier molecular flexibility index (Phi) is 11.5. The van der Waals surface area contributed by atoms with E-state index in [1.807, 2.05) is 12.1 Å². The van der Waals surface area contributed by atoms with Crippen LogP contribution in [0.2, 0.25) is 0 Å². The Hall–Kier alpha value is -6.97. The van der Waals surface area contributed by atoms with E-state index < -0.39 is 32.5 Å². The summed E-state index contributed by atoms with van der Waals surface area (Å²) in [5.74, 6) is -0.788. The van der Waals surface area contributed by atoms with E-state index in [-0.39, 0.29) is 51.5 Å². The molecule has 0 saturated heterocycles. The van der Waals surface area contributed by atoms with Crippen LogP contribution in [0.15, 0.2) is 127 Å². The molecule has 18 nitrogen and oxygen atoms in total. The summed E-state index contributed by atoms with van der Waals surface area (Å²) in [6, 6.07) is 24.8. The minimum Gasteiger partial charge on any atom is -0.505 e. The zero-order chi connectivity index (χ0) is 35.9. The fraction of sp³-hybridized carbons (Fsp3) is 0.0625. The molecule has 0 aliphatic rings. The second-order valence-corrected chi connectivity index (χ2v) is 10.4. The monoisotopic (exact) mass is 730 g/mol. The fourth-order valence-electron chi connectivity index (χ4n) is 4.46. The van der Waals surface area contributed by atoms with E-state index in [1.165, 1.54) is 33.6 Å². The average Bonchev–Trinajstić information content (AvgIpc) is 3.56. The van der Waals surface area contributed by atoms with Gasteiger partial charge in [-0.15, -0.1) is 20.5 Å². The van der Waals surface area contributed by atoms with E-state index in [4.69, 9.17) is 0 Å². The van der Waals surface area contributed by atoms with Gasteiger partial charge in [0.2, 0.25) is 0 Å². The summed E-state index contributed by atoms with van der Waals surface area (Å²) < 4.78 is 2.67. The number of nitro groups is 2. The van der Waals surface area contributed by atoms with Gasteiger partial charge < -0.3 is 10.2 Å². The van der Waals surface area contributed by atoms with Crippen LogP contribution in [0.5, 0.6) is 11.5 Å². The van der Waals surface area contributed by atoms with Crippen LogP contribution >= 0.6 is 0 Å². The van der Waals surface area contributed by atoms with Gasteiger partial charge in [0.05, 0.1) is 44.7 Å². The maximum Gasteiger partial charge on any atom is 0.299 e. The molecule has 51 heavy (non-hydrogen) atoms. The molecule has 6 aromatic rings. The largest absolute Gasteiger partial charge is 0.505 e. The van der Waals surface area contributed by atoms with Gasteiger partial charge in [-0.3, -0.25) is 40.0 Å². The van der Waals surface area contributed by atoms with Crippen molar-refractivity contribution in [2.45, 2.75) is 13.8 Å². The molecule has 6 rings (SSSR count). The van der Waals surface area contributed by atoms with Gasteiger partial charge in [-0.1, -0.05) is 36.4 Å². The molecule has 0 radical (unpaired) electrons. The number of non-ortho nitro benzene ring substituents is 2. The van der Waals surface area contributed by atoms with Crippen LogP contribution in [0.25, 0.3) is 11.4 Å². The van der Waals surface area contributed by atoms with Gasteiger partial charge >= 0.3 is 0 Å². The zero-order valence-electron chi connectivity index (χ0n) is 26.6. The van der Waals surface area contributed by atoms with Crippen molar-refractivity contribution in [2.24, 2.45) is 20.5 Å². The number of aromatic amines is 2. The number of phenols is 2. The number of aryl methyl sites for hydroxylation is 2. The van der Waals surface area contributed by atoms with Crippen molar-refractivity contribution in [1.82, 2.24) is 19.6 Å². The van der Waals surface area contributed by atoms with E-state index in [0.717, 1.165) is 12.1 Å². The molecular weight excluding hydrogens is 704 g/mol. The maximum absolute atomic E-state index is 12.5. The first-order valence-electron chi connectivity index (χ1n) is 14.5. The number of nitrogens with zero attached hydrogens (tertiary/aromatic N) is 8. The number of aromatic nitrogens is 4. The van der Waals surface area contributed by atoms with Gasteiger partial charge in [-0.25, -0.2) is 9.36 Å². The number of para-hydroxylation sites is 2. The third-order valence-electron chi connectivity index (χ3n) is 6.96. The quantitative estimate of drug-likeness (QED) is 0.0718. The molecule has 4 aromatic carbocycles. The molecule has 0 amide bonds. The minimum atomic E-state index is -0.629. The van der Waals surface area contributed by atoms with Gasteiger partial charge in [0.1, 0.15) is 22.9 Å². The van der Waals surface area contributed by atoms with E-state index in [9.17, 15) is 40.0 Å². The van der Waals surface area contributed by atoms with Crippen molar-refractivity contribution in [3.8, 4) is 22.9 Å². The number of nitrogens with one attached hydrogen (secondary N) is 2. The topological polar surface area (TPSA) is 252 Å². The first kappa shape index (κ1) is 36.9. The third-order valence-corrected chi connectivity index (χ3v) is 6.96. The molecule has 2 aromatic heterocycles. The van der Waals surface area contributed by atoms with Crippen molar-refractivity contribution >= 4 is 34.1 Å². The second kappa shape index (κ2) is 16.0. The van der Waals surface area contributed by atoms with Crippen LogP contribution < -0.4 is 11.1 Å². The van der Waals surface area contributed by atoms with Crippen LogP contribution in [-0.4, -0.2) is 39.6 Å². The fourth-order valence-corrected chi connectivity index (χ4v) is 4.46. The molecule has 0 fully saturated rings. The van der Waals surface area contributed by atoms with Crippen molar-refractivity contribution < 1.29 is 37.4 Å². The van der Waals surface area contributed by atoms with Crippen molar-refractivity contribution in [3.05, 3.63) is 149 Å². The molecule has 0 aliphatic heterocycles. The molecule has 2 heterocycles. The Morgan fingerprint density at radius 3 is 1.25 bits per heavy atom. The van der Waals surface area contributed by atoms with Gasteiger partial charge in [-0.2, -0.15) is 0 Å². The SMILES string of the molecule is Cc1[nH]n(-c2ccccc2)c(=O)c1N=Nc1ccc([N+](=O)[O-])cc1O.Cc1[nH]n(-c2ccccc2)c(=O)c1N=Nc1ccc([N+](=O)[O-])cc1O.[Cr]. The van der Waals surface area contributed by atoms with Crippen LogP contribution in [0, 0.1) is 34.1 Å². The molecule has 19 heteroatoms. The predicted molar refractivity (Wildman–Crippen MR) is 180 cm³/mol. The van der Waals surface area contributed by atoms with Crippen LogP contribution in [0.4, 0.5) is 34.1 Å². The van der Waals surface area contributed by atoms with Crippen LogP contribution in [-0.2, 0) is 17.4 Å². The summed E-state index contributed by atoms with van der Waals surface area (Å²) in [6.45, 7) is 3.34. The molecule has 0 saturated carbocycles. The first-order valence-corrected chi connectivity index (χ1v) is 14.5. The van der Waals surface area contributed by atoms with Crippen LogP contribution in [0.3, 0.4) is 0 Å². The zero-order valence-corrected chi connectivity index (χ0v) is 27.8. The van der Waals surface area contributed by atoms with Gasteiger partial charge in [0, 0.05) is 29.5 Å². The van der Waals surface area contributed by atoms with Gasteiger partial charge in [-0.05, 0) is 50.2 Å². The Bertz CT molecular complexity index is 2220. The summed E-state index contributed by atoms with van der Waals surface area (Å²) in [7, 11) is 0. The number of nitro benzene ring substituents is 2. The first-order chi connectivity index (χ1) is 23.9. The standard InChI is InChI=1S/2C16H13N5O4.Cr/c2*1-10-15(16(23)20(19-10)11-5-3-2-4-6-11)18-17-13-8-7-12(21(24)25)9-14(13)22;/h2*2-9,19,22H,1H3;. The Labute approximate surface area is 297 Å². The maximum atomic E-state index is 12.5. The molecule has 258 valence electrons.